The zero-order valence-corrected chi connectivity index (χ0v) is 17.1. The molecule has 28 heavy (non-hydrogen) atoms. The number of nitrogens with zero attached hydrogens (tertiary/aromatic N) is 4. The van der Waals surface area contributed by atoms with E-state index < -0.39 is 5.41 Å². The van der Waals surface area contributed by atoms with Crippen LogP contribution < -0.4 is 5.73 Å². The van der Waals surface area contributed by atoms with Crippen molar-refractivity contribution in [2.45, 2.75) is 38.5 Å². The minimum absolute atomic E-state index is 0.348. The lowest BCUT2D eigenvalue weighted by Gasteiger charge is -2.24. The average molecular weight is 398 g/mol. The summed E-state index contributed by atoms with van der Waals surface area (Å²) in [6.45, 7) is 3.69. The molecule has 3 rings (SSSR count). The van der Waals surface area contributed by atoms with Crippen LogP contribution in [0, 0.1) is 0 Å². The van der Waals surface area contributed by atoms with Gasteiger partial charge in [-0.05, 0) is 43.4 Å². The van der Waals surface area contributed by atoms with E-state index in [-0.39, 0.29) is 5.91 Å². The lowest BCUT2D eigenvalue weighted by molar-refractivity contribution is -0.122. The van der Waals surface area contributed by atoms with E-state index in [1.165, 1.54) is 0 Å². The van der Waals surface area contributed by atoms with Crippen molar-refractivity contribution in [2.75, 3.05) is 0 Å². The number of aromatic nitrogens is 4. The number of primary amides is 1. The first kappa shape index (κ1) is 20.0. The number of aryl methyl sites for hydroxylation is 3. The molecule has 1 aromatic carbocycles. The SMILES string of the molecule is Cn1cc(Cc2ncc(Cl)c(CCc3ccccc3C(C)(C)C(N)=O)n2)cn1. The van der Waals surface area contributed by atoms with Gasteiger partial charge in [0, 0.05) is 25.9 Å². The van der Waals surface area contributed by atoms with Crippen LogP contribution in [0.2, 0.25) is 5.02 Å². The number of halogens is 1. The minimum Gasteiger partial charge on any atom is -0.369 e. The van der Waals surface area contributed by atoms with Crippen LogP contribution >= 0.6 is 11.6 Å². The maximum Gasteiger partial charge on any atom is 0.227 e. The zero-order valence-electron chi connectivity index (χ0n) is 16.3. The van der Waals surface area contributed by atoms with Crippen LogP contribution in [0.25, 0.3) is 0 Å². The van der Waals surface area contributed by atoms with Gasteiger partial charge in [0.25, 0.3) is 0 Å². The maximum absolute atomic E-state index is 11.9. The van der Waals surface area contributed by atoms with Crippen molar-refractivity contribution in [2.24, 2.45) is 12.8 Å². The molecule has 6 nitrogen and oxygen atoms in total. The summed E-state index contributed by atoms with van der Waals surface area (Å²) in [6.07, 6.45) is 7.35. The van der Waals surface area contributed by atoms with Crippen molar-refractivity contribution in [3.05, 3.63) is 76.1 Å². The van der Waals surface area contributed by atoms with Gasteiger partial charge >= 0.3 is 0 Å². The summed E-state index contributed by atoms with van der Waals surface area (Å²) >= 11 is 6.33. The summed E-state index contributed by atoms with van der Waals surface area (Å²) in [7, 11) is 1.88. The Morgan fingerprint density at radius 3 is 2.64 bits per heavy atom. The molecule has 7 heteroatoms. The molecule has 0 saturated heterocycles. The van der Waals surface area contributed by atoms with Crippen molar-refractivity contribution in [3.63, 3.8) is 0 Å². The number of hydrogen-bond donors (Lipinski definition) is 1. The summed E-state index contributed by atoms with van der Waals surface area (Å²) in [5.74, 6) is 0.358. The molecule has 2 heterocycles. The third-order valence-corrected chi connectivity index (χ3v) is 5.24. The molecule has 0 radical (unpaired) electrons. The first-order valence-electron chi connectivity index (χ1n) is 9.13. The van der Waals surface area contributed by atoms with Gasteiger partial charge in [0.15, 0.2) is 0 Å². The molecule has 0 fully saturated rings. The molecule has 3 aromatic rings. The second-order valence-corrected chi connectivity index (χ2v) is 7.83. The van der Waals surface area contributed by atoms with Crippen molar-refractivity contribution >= 4 is 17.5 Å². The van der Waals surface area contributed by atoms with E-state index in [1.807, 2.05) is 51.4 Å². The van der Waals surface area contributed by atoms with Gasteiger partial charge in [-0.1, -0.05) is 35.9 Å². The third kappa shape index (κ3) is 4.39. The highest BCUT2D eigenvalue weighted by molar-refractivity contribution is 6.31. The number of carbonyl (C=O) groups is 1. The first-order chi connectivity index (χ1) is 13.3. The molecule has 146 valence electrons. The molecule has 2 aromatic heterocycles. The maximum atomic E-state index is 11.9. The Kier molecular flexibility index (Phi) is 5.79. The Hall–Kier alpha value is -2.73. The van der Waals surface area contributed by atoms with E-state index >= 15 is 0 Å². The van der Waals surface area contributed by atoms with Crippen LogP contribution in [0.5, 0.6) is 0 Å². The second kappa shape index (κ2) is 8.10. The van der Waals surface area contributed by atoms with Crippen molar-refractivity contribution < 1.29 is 4.79 Å². The third-order valence-electron chi connectivity index (χ3n) is 4.93. The van der Waals surface area contributed by atoms with Gasteiger partial charge in [-0.15, -0.1) is 0 Å². The summed E-state index contributed by atoms with van der Waals surface area (Å²) < 4.78 is 1.75. The fourth-order valence-electron chi connectivity index (χ4n) is 3.18. The summed E-state index contributed by atoms with van der Waals surface area (Å²) in [5, 5.41) is 4.72. The molecule has 0 spiro atoms. The van der Waals surface area contributed by atoms with Crippen LogP contribution in [0.4, 0.5) is 0 Å². The van der Waals surface area contributed by atoms with Gasteiger partial charge in [-0.3, -0.25) is 9.48 Å². The normalized spacial score (nSPS) is 11.6. The standard InChI is InChI=1S/C21H24ClN5O/c1-21(2,20(23)28)16-7-5-4-6-15(16)8-9-18-17(22)12-24-19(26-18)10-14-11-25-27(3)13-14/h4-7,11-13H,8-10H2,1-3H3,(H2,23,28). The molecule has 0 unspecified atom stereocenters. The highest BCUT2D eigenvalue weighted by Crippen LogP contribution is 2.27. The van der Waals surface area contributed by atoms with Crippen LogP contribution in [0.3, 0.4) is 0 Å². The number of hydrogen-bond acceptors (Lipinski definition) is 4. The minimum atomic E-state index is -0.739. The molecule has 0 saturated carbocycles. The molecule has 2 N–H and O–H groups in total. The summed E-state index contributed by atoms with van der Waals surface area (Å²) in [5.41, 5.74) is 8.71. The molecular formula is C21H24ClN5O. The Labute approximate surface area is 169 Å². The molecule has 0 bridgehead atoms. The van der Waals surface area contributed by atoms with Crippen LogP contribution in [0.1, 0.15) is 42.1 Å². The first-order valence-corrected chi connectivity index (χ1v) is 9.51. The predicted octanol–water partition coefficient (Wildman–Crippen LogP) is 3.00. The highest BCUT2D eigenvalue weighted by Gasteiger charge is 2.29. The van der Waals surface area contributed by atoms with Crippen LogP contribution in [-0.2, 0) is 36.5 Å². The fraction of sp³-hybridized carbons (Fsp3) is 0.333. The smallest absolute Gasteiger partial charge is 0.227 e. The Morgan fingerprint density at radius 1 is 1.21 bits per heavy atom. The number of carbonyl (C=O) groups excluding carboxylic acids is 1. The molecule has 1 amide bonds. The Morgan fingerprint density at radius 2 is 1.96 bits per heavy atom. The monoisotopic (exact) mass is 397 g/mol. The average Bonchev–Trinajstić information content (AvgIpc) is 3.07. The van der Waals surface area contributed by atoms with Gasteiger partial charge in [-0.25, -0.2) is 9.97 Å². The van der Waals surface area contributed by atoms with E-state index in [0.717, 1.165) is 22.4 Å². The largest absolute Gasteiger partial charge is 0.369 e. The summed E-state index contributed by atoms with van der Waals surface area (Å²) in [4.78, 5) is 20.9. The van der Waals surface area contributed by atoms with Crippen molar-refractivity contribution in [1.82, 2.24) is 19.7 Å². The Bertz CT molecular complexity index is 996. The molecule has 0 aliphatic carbocycles. The predicted molar refractivity (Wildman–Crippen MR) is 109 cm³/mol. The van der Waals surface area contributed by atoms with Gasteiger partial charge in [0.05, 0.1) is 22.3 Å². The number of amides is 1. The molecule has 0 aliphatic rings. The highest BCUT2D eigenvalue weighted by atomic mass is 35.5. The van der Waals surface area contributed by atoms with Crippen LogP contribution in [0.15, 0.2) is 42.9 Å². The quantitative estimate of drug-likeness (QED) is 0.663. The van der Waals surface area contributed by atoms with Crippen molar-refractivity contribution in [1.29, 1.82) is 0 Å². The van der Waals surface area contributed by atoms with Crippen molar-refractivity contribution in [3.8, 4) is 0 Å². The lowest BCUT2D eigenvalue weighted by Crippen LogP contribution is -2.36. The van der Waals surface area contributed by atoms with Gasteiger partial charge in [0.2, 0.25) is 5.91 Å². The Balaban J connectivity index is 1.80. The molecular weight excluding hydrogens is 374 g/mol. The van der Waals surface area contributed by atoms with E-state index in [2.05, 4.69) is 15.1 Å². The number of rotatable bonds is 7. The van der Waals surface area contributed by atoms with E-state index in [4.69, 9.17) is 17.3 Å². The van der Waals surface area contributed by atoms with Gasteiger partial charge in [0.1, 0.15) is 5.82 Å². The molecule has 0 aliphatic heterocycles. The number of nitrogens with two attached hydrogens (primary N) is 1. The number of benzene rings is 1. The fourth-order valence-corrected chi connectivity index (χ4v) is 3.37. The molecule has 0 atom stereocenters. The van der Waals surface area contributed by atoms with E-state index in [9.17, 15) is 4.79 Å². The lowest BCUT2D eigenvalue weighted by atomic mass is 9.80. The van der Waals surface area contributed by atoms with E-state index in [1.54, 1.807) is 17.1 Å². The van der Waals surface area contributed by atoms with Crippen LogP contribution in [-0.4, -0.2) is 25.7 Å². The van der Waals surface area contributed by atoms with E-state index in [0.29, 0.717) is 30.1 Å². The van der Waals surface area contributed by atoms with Gasteiger partial charge < -0.3 is 5.73 Å². The topological polar surface area (TPSA) is 86.7 Å². The van der Waals surface area contributed by atoms with Gasteiger partial charge in [-0.2, -0.15) is 5.10 Å². The second-order valence-electron chi connectivity index (χ2n) is 7.43. The summed E-state index contributed by atoms with van der Waals surface area (Å²) in [6, 6.07) is 7.86. The zero-order chi connectivity index (χ0) is 20.3.